The fourth-order valence-corrected chi connectivity index (χ4v) is 1.36. The molecule has 2 atom stereocenters. The van der Waals surface area contributed by atoms with E-state index >= 15 is 0 Å². The Morgan fingerprint density at radius 1 is 1.70 bits per heavy atom. The van der Waals surface area contributed by atoms with Crippen LogP contribution in [0.1, 0.15) is 26.2 Å². The van der Waals surface area contributed by atoms with Gasteiger partial charge in [0.2, 0.25) is 0 Å². The van der Waals surface area contributed by atoms with E-state index in [0.717, 1.165) is 12.8 Å². The van der Waals surface area contributed by atoms with E-state index < -0.39 is 0 Å². The van der Waals surface area contributed by atoms with Crippen LogP contribution in [0.3, 0.4) is 0 Å². The lowest BCUT2D eigenvalue weighted by molar-refractivity contribution is -0.121. The second-order valence-electron chi connectivity index (χ2n) is 3.03. The van der Waals surface area contributed by atoms with Crippen LogP contribution < -0.4 is 0 Å². The van der Waals surface area contributed by atoms with Crippen molar-refractivity contribution >= 4 is 5.78 Å². The Hall–Kier alpha value is -0.770. The van der Waals surface area contributed by atoms with Gasteiger partial charge in [0.05, 0.1) is 0 Å². The maximum Gasteiger partial charge on any atom is 0.134 e. The van der Waals surface area contributed by atoms with E-state index in [1.54, 1.807) is 0 Å². The van der Waals surface area contributed by atoms with E-state index in [0.29, 0.717) is 18.1 Å². The highest BCUT2D eigenvalue weighted by Gasteiger charge is 2.23. The maximum atomic E-state index is 10.9. The summed E-state index contributed by atoms with van der Waals surface area (Å²) in [4.78, 5) is 10.9. The van der Waals surface area contributed by atoms with Gasteiger partial charge in [-0.25, -0.2) is 0 Å². The van der Waals surface area contributed by atoms with Crippen LogP contribution in [-0.2, 0) is 4.79 Å². The van der Waals surface area contributed by atoms with Crippen molar-refractivity contribution in [3.8, 4) is 12.3 Å². The van der Waals surface area contributed by atoms with Gasteiger partial charge in [-0.1, -0.05) is 6.92 Å². The lowest BCUT2D eigenvalue weighted by atomic mass is 9.80. The molecule has 0 amide bonds. The van der Waals surface area contributed by atoms with Gasteiger partial charge in [-0.3, -0.25) is 4.79 Å². The van der Waals surface area contributed by atoms with Crippen molar-refractivity contribution in [2.75, 3.05) is 0 Å². The highest BCUT2D eigenvalue weighted by atomic mass is 16.1. The van der Waals surface area contributed by atoms with Crippen molar-refractivity contribution in [1.29, 1.82) is 0 Å². The van der Waals surface area contributed by atoms with Crippen molar-refractivity contribution in [1.82, 2.24) is 0 Å². The zero-order chi connectivity index (χ0) is 7.56. The Balaban J connectivity index is 2.56. The van der Waals surface area contributed by atoms with E-state index in [4.69, 9.17) is 6.42 Å². The zero-order valence-electron chi connectivity index (χ0n) is 6.26. The molecule has 10 heavy (non-hydrogen) atoms. The summed E-state index contributed by atoms with van der Waals surface area (Å²) in [6.07, 6.45) is 7.58. The average Bonchev–Trinajstić information content (AvgIpc) is 1.94. The Labute approximate surface area is 61.8 Å². The number of ketones is 1. The largest absolute Gasteiger partial charge is 0.300 e. The van der Waals surface area contributed by atoms with Gasteiger partial charge < -0.3 is 0 Å². The van der Waals surface area contributed by atoms with Crippen LogP contribution in [0.2, 0.25) is 0 Å². The predicted molar refractivity (Wildman–Crippen MR) is 40.3 cm³/mol. The van der Waals surface area contributed by atoms with Crippen molar-refractivity contribution in [3.63, 3.8) is 0 Å². The van der Waals surface area contributed by atoms with Crippen LogP contribution in [0.25, 0.3) is 0 Å². The molecular weight excluding hydrogens is 124 g/mol. The minimum absolute atomic E-state index is 0.209. The second kappa shape index (κ2) is 2.88. The Kier molecular flexibility index (Phi) is 2.11. The molecule has 1 rings (SSSR count). The van der Waals surface area contributed by atoms with E-state index in [2.05, 4.69) is 12.8 Å². The molecule has 1 aliphatic rings. The summed E-state index contributed by atoms with van der Waals surface area (Å²) in [6.45, 7) is 2.12. The van der Waals surface area contributed by atoms with Gasteiger partial charge in [-0.2, -0.15) is 0 Å². The van der Waals surface area contributed by atoms with Crippen molar-refractivity contribution in [2.24, 2.45) is 11.8 Å². The Morgan fingerprint density at radius 2 is 2.40 bits per heavy atom. The van der Waals surface area contributed by atoms with Gasteiger partial charge in [0.25, 0.3) is 0 Å². The molecule has 1 heteroatoms. The number of terminal acetylenes is 1. The summed E-state index contributed by atoms with van der Waals surface area (Å²) in [7, 11) is 0. The zero-order valence-corrected chi connectivity index (χ0v) is 6.26. The first-order valence-electron chi connectivity index (χ1n) is 3.72. The molecule has 0 heterocycles. The minimum Gasteiger partial charge on any atom is -0.300 e. The molecular formula is C9H12O. The summed E-state index contributed by atoms with van der Waals surface area (Å²) in [5, 5.41) is 0. The normalized spacial score (nSPS) is 33.4. The van der Waals surface area contributed by atoms with Crippen molar-refractivity contribution in [3.05, 3.63) is 0 Å². The van der Waals surface area contributed by atoms with Gasteiger partial charge in [-0.15, -0.1) is 12.3 Å². The van der Waals surface area contributed by atoms with Gasteiger partial charge in [0.1, 0.15) is 5.78 Å². The molecule has 1 nitrogen and oxygen atoms in total. The summed E-state index contributed by atoms with van der Waals surface area (Å²) >= 11 is 0. The number of hydrogen-bond donors (Lipinski definition) is 0. The number of rotatable bonds is 0. The number of carbonyl (C=O) groups excluding carboxylic acids is 1. The third kappa shape index (κ3) is 1.39. The van der Waals surface area contributed by atoms with E-state index in [1.165, 1.54) is 0 Å². The quantitative estimate of drug-likeness (QED) is 0.462. The first kappa shape index (κ1) is 7.34. The number of carbonyl (C=O) groups is 1. The highest BCUT2D eigenvalue weighted by molar-refractivity contribution is 5.79. The third-order valence-electron chi connectivity index (χ3n) is 2.23. The van der Waals surface area contributed by atoms with Gasteiger partial charge in [0, 0.05) is 18.8 Å². The molecule has 0 aromatic rings. The number of Topliss-reactive ketones (excluding diaryl/α,β-unsaturated/α-hetero) is 1. The summed E-state index contributed by atoms with van der Waals surface area (Å²) in [5.74, 6) is 3.75. The third-order valence-corrected chi connectivity index (χ3v) is 2.23. The van der Waals surface area contributed by atoms with Crippen LogP contribution in [0.4, 0.5) is 0 Å². The SMILES string of the molecule is C#CC1CC(=O)CCC1C. The topological polar surface area (TPSA) is 17.1 Å². The maximum absolute atomic E-state index is 10.9. The fraction of sp³-hybridized carbons (Fsp3) is 0.667. The van der Waals surface area contributed by atoms with Crippen LogP contribution in [0.15, 0.2) is 0 Å². The van der Waals surface area contributed by atoms with Gasteiger partial charge in [0.15, 0.2) is 0 Å². The van der Waals surface area contributed by atoms with Gasteiger partial charge in [-0.05, 0) is 12.3 Å². The van der Waals surface area contributed by atoms with Crippen molar-refractivity contribution < 1.29 is 4.79 Å². The average molecular weight is 136 g/mol. The first-order valence-corrected chi connectivity index (χ1v) is 3.72. The van der Waals surface area contributed by atoms with Crippen LogP contribution in [0, 0.1) is 24.2 Å². The number of hydrogen-bond acceptors (Lipinski definition) is 1. The molecule has 0 aromatic carbocycles. The molecule has 0 bridgehead atoms. The standard InChI is InChI=1S/C9H12O/c1-3-8-6-9(10)5-4-7(8)2/h1,7-8H,4-6H2,2H3. The molecule has 54 valence electrons. The lowest BCUT2D eigenvalue weighted by Gasteiger charge is -2.22. The smallest absolute Gasteiger partial charge is 0.134 e. The summed E-state index contributed by atoms with van der Waals surface area (Å²) in [5.41, 5.74) is 0. The van der Waals surface area contributed by atoms with Crippen molar-refractivity contribution in [2.45, 2.75) is 26.2 Å². The lowest BCUT2D eigenvalue weighted by Crippen LogP contribution is -2.21. The first-order chi connectivity index (χ1) is 4.74. The molecule has 1 aliphatic carbocycles. The fourth-order valence-electron chi connectivity index (χ4n) is 1.36. The molecule has 0 spiro atoms. The molecule has 0 aromatic heterocycles. The van der Waals surface area contributed by atoms with E-state index in [-0.39, 0.29) is 5.92 Å². The highest BCUT2D eigenvalue weighted by Crippen LogP contribution is 2.26. The molecule has 2 unspecified atom stereocenters. The Morgan fingerprint density at radius 3 is 2.90 bits per heavy atom. The van der Waals surface area contributed by atoms with Crippen LogP contribution in [0.5, 0.6) is 0 Å². The molecule has 0 radical (unpaired) electrons. The molecule has 1 fully saturated rings. The Bertz CT molecular complexity index is 176. The minimum atomic E-state index is 0.209. The molecule has 1 saturated carbocycles. The van der Waals surface area contributed by atoms with Crippen LogP contribution in [-0.4, -0.2) is 5.78 Å². The second-order valence-corrected chi connectivity index (χ2v) is 3.03. The van der Waals surface area contributed by atoms with Crippen LogP contribution >= 0.6 is 0 Å². The molecule has 0 saturated heterocycles. The monoisotopic (exact) mass is 136 g/mol. The van der Waals surface area contributed by atoms with E-state index in [1.807, 2.05) is 0 Å². The van der Waals surface area contributed by atoms with E-state index in [9.17, 15) is 4.79 Å². The summed E-state index contributed by atoms with van der Waals surface area (Å²) in [6, 6.07) is 0. The van der Waals surface area contributed by atoms with Gasteiger partial charge >= 0.3 is 0 Å². The summed E-state index contributed by atoms with van der Waals surface area (Å²) < 4.78 is 0. The molecule has 0 N–H and O–H groups in total. The predicted octanol–water partition coefficient (Wildman–Crippen LogP) is 1.62. The molecule has 0 aliphatic heterocycles.